The lowest BCUT2D eigenvalue weighted by Gasteiger charge is -2.36. The molecular weight excluding hydrogens is 448 g/mol. The van der Waals surface area contributed by atoms with Crippen molar-refractivity contribution in [3.63, 3.8) is 0 Å². The highest BCUT2D eigenvalue weighted by atomic mass is 16.5. The van der Waals surface area contributed by atoms with Gasteiger partial charge in [-0.05, 0) is 36.2 Å². The van der Waals surface area contributed by atoms with Crippen LogP contribution in [0.15, 0.2) is 59.0 Å². The summed E-state index contributed by atoms with van der Waals surface area (Å²) >= 11 is 0. The lowest BCUT2D eigenvalue weighted by Crippen LogP contribution is -2.58. The van der Waals surface area contributed by atoms with E-state index in [0.29, 0.717) is 44.3 Å². The second-order valence-corrected chi connectivity index (χ2v) is 8.79. The van der Waals surface area contributed by atoms with Crippen LogP contribution in [-0.2, 0) is 17.8 Å². The third-order valence-corrected chi connectivity index (χ3v) is 6.47. The Kier molecular flexibility index (Phi) is 6.62. The lowest BCUT2D eigenvalue weighted by molar-refractivity contribution is -0.129. The summed E-state index contributed by atoms with van der Waals surface area (Å²) < 4.78 is 11.1. The van der Waals surface area contributed by atoms with E-state index in [4.69, 9.17) is 9.15 Å². The van der Waals surface area contributed by atoms with Crippen molar-refractivity contribution in [3.8, 4) is 17.2 Å². The molecule has 3 aromatic rings. The number of nitrogens with zero attached hydrogens (tertiary/aromatic N) is 3. The summed E-state index contributed by atoms with van der Waals surface area (Å²) in [6.07, 6.45) is 1.06. The molecule has 3 N–H and O–H groups in total. The Labute approximate surface area is 203 Å². The topological polar surface area (TPSA) is 122 Å². The molecule has 1 aromatic heterocycles. The molecule has 0 aliphatic carbocycles. The number of hydrogen-bond acceptors (Lipinski definition) is 7. The molecule has 0 saturated carbocycles. The van der Waals surface area contributed by atoms with E-state index in [1.807, 2.05) is 54.6 Å². The molecule has 35 heavy (non-hydrogen) atoms. The van der Waals surface area contributed by atoms with Crippen LogP contribution in [0, 0.1) is 0 Å². The first-order valence-electron chi connectivity index (χ1n) is 11.7. The largest absolute Gasteiger partial charge is 0.497 e. The summed E-state index contributed by atoms with van der Waals surface area (Å²) in [5, 5.41) is 17.3. The number of carbonyl (C=O) groups is 2. The third-order valence-electron chi connectivity index (χ3n) is 6.47. The first-order valence-corrected chi connectivity index (χ1v) is 11.7. The molecule has 2 saturated heterocycles. The molecule has 3 amide bonds. The van der Waals surface area contributed by atoms with Crippen molar-refractivity contribution in [1.82, 2.24) is 31.0 Å². The molecule has 0 unspecified atom stereocenters. The Balaban J connectivity index is 1.19. The molecule has 5 rings (SSSR count). The smallest absolute Gasteiger partial charge is 0.315 e. The van der Waals surface area contributed by atoms with Crippen molar-refractivity contribution >= 4 is 11.9 Å². The van der Waals surface area contributed by atoms with Crippen LogP contribution < -0.4 is 20.7 Å². The van der Waals surface area contributed by atoms with Gasteiger partial charge in [-0.25, -0.2) is 4.79 Å². The normalized spacial score (nSPS) is 21.7. The summed E-state index contributed by atoms with van der Waals surface area (Å²) in [6, 6.07) is 16.5. The van der Waals surface area contributed by atoms with E-state index in [1.165, 1.54) is 0 Å². The van der Waals surface area contributed by atoms with E-state index in [2.05, 4.69) is 31.0 Å². The molecule has 182 valence electrons. The molecule has 0 bridgehead atoms. The maximum Gasteiger partial charge on any atom is 0.315 e. The SMILES string of the molecule is COc1ccc(-c2nnc(C[C@@H]3CNC(=O)[C@@H]4C[C@H](NC(=O)NCc5ccccc5)CN34)o2)cc1. The number of methoxy groups -OCH3 is 1. The zero-order chi connectivity index (χ0) is 24.2. The maximum atomic E-state index is 12.5. The number of hydrogen-bond donors (Lipinski definition) is 3. The van der Waals surface area contributed by atoms with Crippen molar-refractivity contribution in [2.75, 3.05) is 20.2 Å². The number of urea groups is 1. The van der Waals surface area contributed by atoms with E-state index in [0.717, 1.165) is 16.9 Å². The molecular formula is C25H28N6O4. The molecule has 10 nitrogen and oxygen atoms in total. The van der Waals surface area contributed by atoms with Crippen LogP contribution in [0.3, 0.4) is 0 Å². The van der Waals surface area contributed by atoms with Gasteiger partial charge in [-0.2, -0.15) is 0 Å². The van der Waals surface area contributed by atoms with E-state index < -0.39 is 0 Å². The third kappa shape index (κ3) is 5.27. The van der Waals surface area contributed by atoms with Crippen LogP contribution in [0.5, 0.6) is 5.75 Å². The number of ether oxygens (including phenoxy) is 1. The van der Waals surface area contributed by atoms with Crippen LogP contribution in [0.2, 0.25) is 0 Å². The van der Waals surface area contributed by atoms with E-state index in [1.54, 1.807) is 7.11 Å². The van der Waals surface area contributed by atoms with Gasteiger partial charge in [0.25, 0.3) is 0 Å². The van der Waals surface area contributed by atoms with Crippen molar-refractivity contribution in [1.29, 1.82) is 0 Å². The lowest BCUT2D eigenvalue weighted by atomic mass is 10.1. The van der Waals surface area contributed by atoms with Gasteiger partial charge in [-0.1, -0.05) is 30.3 Å². The molecule has 10 heteroatoms. The molecule has 0 spiro atoms. The second kappa shape index (κ2) is 10.1. The number of benzene rings is 2. The van der Waals surface area contributed by atoms with Gasteiger partial charge in [0.15, 0.2) is 0 Å². The minimum atomic E-state index is -0.294. The summed E-state index contributed by atoms with van der Waals surface area (Å²) in [5.74, 6) is 1.69. The number of fused-ring (bicyclic) bond motifs is 1. The van der Waals surface area contributed by atoms with Crippen LogP contribution >= 0.6 is 0 Å². The zero-order valence-electron chi connectivity index (χ0n) is 19.4. The Hall–Kier alpha value is -3.92. The fourth-order valence-electron chi connectivity index (χ4n) is 4.67. The van der Waals surface area contributed by atoms with Crippen molar-refractivity contribution < 1.29 is 18.7 Å². The minimum Gasteiger partial charge on any atom is -0.497 e. The average molecular weight is 477 g/mol. The highest BCUT2D eigenvalue weighted by Crippen LogP contribution is 2.27. The second-order valence-electron chi connectivity index (χ2n) is 8.79. The monoisotopic (exact) mass is 476 g/mol. The zero-order valence-corrected chi connectivity index (χ0v) is 19.4. The summed E-state index contributed by atoms with van der Waals surface area (Å²) in [6.45, 7) is 1.52. The first-order chi connectivity index (χ1) is 17.1. The summed E-state index contributed by atoms with van der Waals surface area (Å²) in [4.78, 5) is 27.1. The van der Waals surface area contributed by atoms with Gasteiger partial charge in [0, 0.05) is 43.7 Å². The first kappa shape index (κ1) is 22.9. The number of aromatic nitrogens is 2. The quantitative estimate of drug-likeness (QED) is 0.475. The fourth-order valence-corrected chi connectivity index (χ4v) is 4.67. The van der Waals surface area contributed by atoms with Crippen LogP contribution in [0.4, 0.5) is 4.79 Å². The van der Waals surface area contributed by atoms with Gasteiger partial charge < -0.3 is 25.1 Å². The van der Waals surface area contributed by atoms with Gasteiger partial charge in [0.1, 0.15) is 5.75 Å². The number of carbonyl (C=O) groups excluding carboxylic acids is 2. The number of amides is 3. The molecule has 2 aromatic carbocycles. The van der Waals surface area contributed by atoms with Gasteiger partial charge in [0.05, 0.1) is 13.2 Å². The predicted molar refractivity (Wildman–Crippen MR) is 128 cm³/mol. The highest BCUT2D eigenvalue weighted by molar-refractivity contribution is 5.83. The standard InChI is InChI=1S/C25H28N6O4/c1-34-20-9-7-17(8-10-20)24-30-29-22(35-24)12-19-14-26-23(32)21-11-18(15-31(19)21)28-25(33)27-13-16-5-3-2-4-6-16/h2-10,18-19,21H,11-15H2,1H3,(H,26,32)(H2,27,28,33)/t18-,19+,21-/m0/s1. The minimum absolute atomic E-state index is 0.000970. The molecule has 2 aliphatic rings. The van der Waals surface area contributed by atoms with Crippen molar-refractivity contribution in [2.24, 2.45) is 0 Å². The van der Waals surface area contributed by atoms with Crippen LogP contribution in [0.25, 0.3) is 11.5 Å². The number of rotatable bonds is 7. The number of piperazine rings is 1. The summed E-state index contributed by atoms with van der Waals surface area (Å²) in [7, 11) is 1.62. The van der Waals surface area contributed by atoms with Gasteiger partial charge in [-0.3, -0.25) is 9.69 Å². The van der Waals surface area contributed by atoms with Gasteiger partial charge in [-0.15, -0.1) is 10.2 Å². The Bertz CT molecular complexity index is 1170. The maximum absolute atomic E-state index is 12.5. The van der Waals surface area contributed by atoms with E-state index in [9.17, 15) is 9.59 Å². The summed E-state index contributed by atoms with van der Waals surface area (Å²) in [5.41, 5.74) is 1.84. The van der Waals surface area contributed by atoms with Crippen molar-refractivity contribution in [2.45, 2.75) is 37.5 Å². The molecule has 3 heterocycles. The van der Waals surface area contributed by atoms with Crippen LogP contribution in [-0.4, -0.2) is 65.4 Å². The molecule has 2 fully saturated rings. The van der Waals surface area contributed by atoms with Gasteiger partial charge >= 0.3 is 6.03 Å². The fraction of sp³-hybridized carbons (Fsp3) is 0.360. The van der Waals surface area contributed by atoms with Crippen LogP contribution in [0.1, 0.15) is 17.9 Å². The molecule has 3 atom stereocenters. The highest BCUT2D eigenvalue weighted by Gasteiger charge is 2.44. The van der Waals surface area contributed by atoms with Gasteiger partial charge in [0.2, 0.25) is 17.7 Å². The predicted octanol–water partition coefficient (Wildman–Crippen LogP) is 1.73. The van der Waals surface area contributed by atoms with E-state index in [-0.39, 0.29) is 30.1 Å². The van der Waals surface area contributed by atoms with E-state index >= 15 is 0 Å². The Morgan fingerprint density at radius 1 is 1.17 bits per heavy atom. The molecule has 0 radical (unpaired) electrons. The molecule has 2 aliphatic heterocycles. The van der Waals surface area contributed by atoms with Crippen molar-refractivity contribution in [3.05, 3.63) is 66.1 Å². The Morgan fingerprint density at radius 2 is 1.97 bits per heavy atom. The number of nitrogens with one attached hydrogen (secondary N) is 3. The average Bonchev–Trinajstić information content (AvgIpc) is 3.53. The Morgan fingerprint density at radius 3 is 2.74 bits per heavy atom.